The van der Waals surface area contributed by atoms with Crippen LogP contribution in [0, 0.1) is 5.92 Å². The van der Waals surface area contributed by atoms with Crippen molar-refractivity contribution in [2.24, 2.45) is 5.92 Å². The van der Waals surface area contributed by atoms with E-state index in [1.54, 1.807) is 24.7 Å². The average Bonchev–Trinajstić information content (AvgIpc) is 2.70. The third-order valence-corrected chi connectivity index (χ3v) is 4.18. The molecule has 0 radical (unpaired) electrons. The summed E-state index contributed by atoms with van der Waals surface area (Å²) in [6.45, 7) is 7.19. The largest absolute Gasteiger partial charge is 0.513 e. The highest BCUT2D eigenvalue weighted by Crippen LogP contribution is 2.32. The Hall–Kier alpha value is -2.63. The number of hydrogen-bond acceptors (Lipinski definition) is 6. The molecule has 0 N–H and O–H groups in total. The van der Waals surface area contributed by atoms with Gasteiger partial charge in [-0.15, -0.1) is 0 Å². The van der Waals surface area contributed by atoms with Crippen LogP contribution in [0.3, 0.4) is 0 Å². The predicted molar refractivity (Wildman–Crippen MR) is 104 cm³/mol. The Kier molecular flexibility index (Phi) is 8.55. The van der Waals surface area contributed by atoms with Crippen molar-refractivity contribution in [2.45, 2.75) is 46.5 Å². The van der Waals surface area contributed by atoms with Crippen LogP contribution < -0.4 is 9.47 Å². The number of unbranched alkanes of at least 4 members (excludes halogenated alkanes) is 2. The van der Waals surface area contributed by atoms with Crippen LogP contribution in [0.4, 0.5) is 4.79 Å². The summed E-state index contributed by atoms with van der Waals surface area (Å²) < 4.78 is 16.4. The second-order valence-corrected chi connectivity index (χ2v) is 6.48. The molecule has 0 spiro atoms. The normalized spacial score (nSPS) is 11.7. The van der Waals surface area contributed by atoms with Gasteiger partial charge < -0.3 is 14.2 Å². The van der Waals surface area contributed by atoms with E-state index in [4.69, 9.17) is 14.2 Å². The first-order valence-electron chi connectivity index (χ1n) is 9.51. The van der Waals surface area contributed by atoms with Crippen molar-refractivity contribution >= 4 is 6.16 Å². The van der Waals surface area contributed by atoms with Crippen molar-refractivity contribution in [1.29, 1.82) is 0 Å². The van der Waals surface area contributed by atoms with Crippen molar-refractivity contribution in [3.8, 4) is 22.8 Å². The second-order valence-electron chi connectivity index (χ2n) is 6.48. The smallest absolute Gasteiger partial charge is 0.489 e. The Morgan fingerprint density at radius 2 is 2.00 bits per heavy atom. The molecule has 2 aromatic rings. The summed E-state index contributed by atoms with van der Waals surface area (Å²) in [5.74, 6) is 1.22. The summed E-state index contributed by atoms with van der Waals surface area (Å²) in [6, 6.07) is 5.33. The van der Waals surface area contributed by atoms with Gasteiger partial charge in [-0.3, -0.25) is 9.97 Å². The van der Waals surface area contributed by atoms with Gasteiger partial charge in [0.25, 0.3) is 0 Å². The summed E-state index contributed by atoms with van der Waals surface area (Å²) in [4.78, 5) is 20.3. The lowest BCUT2D eigenvalue weighted by molar-refractivity contribution is 0.0956. The number of aromatic nitrogens is 2. The van der Waals surface area contributed by atoms with Crippen LogP contribution in [0.25, 0.3) is 11.3 Å². The lowest BCUT2D eigenvalue weighted by atomic mass is 10.1. The van der Waals surface area contributed by atoms with Crippen molar-refractivity contribution in [3.63, 3.8) is 0 Å². The third-order valence-electron chi connectivity index (χ3n) is 4.18. The summed E-state index contributed by atoms with van der Waals surface area (Å²) in [5, 5.41) is 0. The van der Waals surface area contributed by atoms with Crippen molar-refractivity contribution in [3.05, 3.63) is 36.8 Å². The molecule has 1 aromatic heterocycles. The van der Waals surface area contributed by atoms with Crippen LogP contribution >= 0.6 is 0 Å². The summed E-state index contributed by atoms with van der Waals surface area (Å²) >= 11 is 0. The fraction of sp³-hybridized carbons (Fsp3) is 0.476. The molecule has 0 amide bonds. The quantitative estimate of drug-likeness (QED) is 0.321. The van der Waals surface area contributed by atoms with Gasteiger partial charge in [0.2, 0.25) is 0 Å². The zero-order valence-electron chi connectivity index (χ0n) is 16.3. The van der Waals surface area contributed by atoms with Gasteiger partial charge in [0.1, 0.15) is 0 Å². The van der Waals surface area contributed by atoms with Crippen molar-refractivity contribution in [1.82, 2.24) is 9.97 Å². The molecule has 0 saturated carbocycles. The van der Waals surface area contributed by atoms with Gasteiger partial charge in [-0.1, -0.05) is 40.0 Å². The molecule has 146 valence electrons. The first kappa shape index (κ1) is 20.7. The van der Waals surface area contributed by atoms with Gasteiger partial charge >= 0.3 is 6.16 Å². The molecule has 0 bridgehead atoms. The molecule has 1 heterocycles. The zero-order chi connectivity index (χ0) is 19.5. The molecule has 1 unspecified atom stereocenters. The molecule has 0 saturated heterocycles. The van der Waals surface area contributed by atoms with Crippen LogP contribution in [0.5, 0.6) is 11.5 Å². The highest BCUT2D eigenvalue weighted by molar-refractivity contribution is 5.68. The topological polar surface area (TPSA) is 70.5 Å². The number of benzene rings is 1. The summed E-state index contributed by atoms with van der Waals surface area (Å²) in [5.41, 5.74) is 1.56. The molecule has 0 aliphatic carbocycles. The van der Waals surface area contributed by atoms with E-state index in [9.17, 15) is 4.79 Å². The van der Waals surface area contributed by atoms with Gasteiger partial charge in [0.05, 0.1) is 25.1 Å². The van der Waals surface area contributed by atoms with E-state index in [0.29, 0.717) is 30.6 Å². The minimum absolute atomic E-state index is 0.339. The molecule has 6 nitrogen and oxygen atoms in total. The Balaban J connectivity index is 2.12. The molecule has 6 heteroatoms. The van der Waals surface area contributed by atoms with E-state index in [1.807, 2.05) is 12.1 Å². The van der Waals surface area contributed by atoms with Gasteiger partial charge in [-0.05, 0) is 30.5 Å². The number of hydrogen-bond donors (Lipinski definition) is 0. The highest BCUT2D eigenvalue weighted by atomic mass is 16.7. The van der Waals surface area contributed by atoms with E-state index in [1.165, 1.54) is 0 Å². The maximum Gasteiger partial charge on any atom is 0.513 e. The van der Waals surface area contributed by atoms with Gasteiger partial charge in [0, 0.05) is 18.0 Å². The summed E-state index contributed by atoms with van der Waals surface area (Å²) in [7, 11) is 0. The van der Waals surface area contributed by atoms with Gasteiger partial charge in [-0.2, -0.15) is 0 Å². The Labute approximate surface area is 160 Å². The Morgan fingerprint density at radius 3 is 2.70 bits per heavy atom. The number of rotatable bonds is 10. The minimum atomic E-state index is -0.716. The predicted octanol–water partition coefficient (Wildman–Crippen LogP) is 5.27. The highest BCUT2D eigenvalue weighted by Gasteiger charge is 2.14. The minimum Gasteiger partial charge on any atom is -0.489 e. The SMILES string of the molecule is CCCCCOC(=O)Oc1ccc(-c2cnccn2)cc1OCC(C)CC. The first-order chi connectivity index (χ1) is 13.1. The number of nitrogens with zero attached hydrogens (tertiary/aromatic N) is 2. The van der Waals surface area contributed by atoms with E-state index < -0.39 is 6.16 Å². The maximum absolute atomic E-state index is 12.0. The van der Waals surface area contributed by atoms with E-state index in [0.717, 1.165) is 36.9 Å². The molecule has 1 atom stereocenters. The lowest BCUT2D eigenvalue weighted by Crippen LogP contribution is -2.13. The Morgan fingerprint density at radius 1 is 1.15 bits per heavy atom. The molecular weight excluding hydrogens is 344 g/mol. The molecule has 1 aromatic carbocycles. The van der Waals surface area contributed by atoms with Gasteiger partial charge in [0.15, 0.2) is 11.5 Å². The molecule has 27 heavy (non-hydrogen) atoms. The van der Waals surface area contributed by atoms with E-state index >= 15 is 0 Å². The summed E-state index contributed by atoms with van der Waals surface area (Å²) in [6.07, 6.45) is 8.12. The molecule has 0 aliphatic rings. The lowest BCUT2D eigenvalue weighted by Gasteiger charge is -2.15. The standard InChI is InChI=1S/C21H28N2O4/c1-4-6-7-12-25-21(24)27-19-9-8-17(18-14-22-10-11-23-18)13-20(19)26-15-16(3)5-2/h8-11,13-14,16H,4-7,12,15H2,1-3H3. The average molecular weight is 372 g/mol. The van der Waals surface area contributed by atoms with Crippen molar-refractivity contribution in [2.75, 3.05) is 13.2 Å². The fourth-order valence-electron chi connectivity index (χ4n) is 2.29. The van der Waals surface area contributed by atoms with Crippen LogP contribution in [-0.2, 0) is 4.74 Å². The monoisotopic (exact) mass is 372 g/mol. The van der Waals surface area contributed by atoms with Crippen LogP contribution in [0.2, 0.25) is 0 Å². The van der Waals surface area contributed by atoms with Crippen molar-refractivity contribution < 1.29 is 19.0 Å². The number of carbonyl (C=O) groups excluding carboxylic acids is 1. The molecule has 2 rings (SSSR count). The Bertz CT molecular complexity index is 707. The van der Waals surface area contributed by atoms with Crippen LogP contribution in [-0.4, -0.2) is 29.3 Å². The zero-order valence-corrected chi connectivity index (χ0v) is 16.3. The second kappa shape index (κ2) is 11.2. The van der Waals surface area contributed by atoms with Crippen LogP contribution in [0.15, 0.2) is 36.8 Å². The number of carbonyl (C=O) groups is 1. The van der Waals surface area contributed by atoms with E-state index in [-0.39, 0.29) is 0 Å². The first-order valence-corrected chi connectivity index (χ1v) is 9.51. The maximum atomic E-state index is 12.0. The molecular formula is C21H28N2O4. The third kappa shape index (κ3) is 6.89. The van der Waals surface area contributed by atoms with E-state index in [2.05, 4.69) is 30.7 Å². The van der Waals surface area contributed by atoms with Crippen LogP contribution in [0.1, 0.15) is 46.5 Å². The number of ether oxygens (including phenoxy) is 3. The fourth-order valence-corrected chi connectivity index (χ4v) is 2.29. The van der Waals surface area contributed by atoms with Gasteiger partial charge in [-0.25, -0.2) is 4.79 Å². The molecule has 0 aliphatic heterocycles. The molecule has 0 fully saturated rings.